The van der Waals surface area contributed by atoms with E-state index in [-0.39, 0.29) is 0 Å². The second-order valence-corrected chi connectivity index (χ2v) is 7.96. The number of ether oxygens (including phenoxy) is 2. The van der Waals surface area contributed by atoms with Crippen molar-refractivity contribution in [1.82, 2.24) is 10.3 Å². The lowest BCUT2D eigenvalue weighted by molar-refractivity contribution is 0.0520. The van der Waals surface area contributed by atoms with E-state index in [9.17, 15) is 4.79 Å². The molecule has 1 heterocycles. The van der Waals surface area contributed by atoms with E-state index in [1.807, 2.05) is 45.0 Å². The Morgan fingerprint density at radius 3 is 2.60 bits per heavy atom. The van der Waals surface area contributed by atoms with Crippen LogP contribution in [0.15, 0.2) is 30.5 Å². The second kappa shape index (κ2) is 8.92. The number of rotatable bonds is 7. The fourth-order valence-electron chi connectivity index (χ4n) is 1.85. The Morgan fingerprint density at radius 2 is 2.00 bits per heavy atom. The Labute approximate surface area is 156 Å². The van der Waals surface area contributed by atoms with E-state index in [0.717, 1.165) is 16.4 Å². The van der Waals surface area contributed by atoms with E-state index in [4.69, 9.17) is 21.1 Å². The number of carbonyl (C=O) groups excluding carboxylic acids is 1. The predicted molar refractivity (Wildman–Crippen MR) is 101 cm³/mol. The summed E-state index contributed by atoms with van der Waals surface area (Å²) in [6.45, 7) is 6.83. The monoisotopic (exact) mass is 383 g/mol. The molecular weight excluding hydrogens is 362 g/mol. The fourth-order valence-corrected chi connectivity index (χ4v) is 2.75. The Balaban J connectivity index is 1.67. The second-order valence-electron chi connectivity index (χ2n) is 6.21. The summed E-state index contributed by atoms with van der Waals surface area (Å²) in [5.74, 6) is 0.730. The number of nitrogens with one attached hydrogen (secondary N) is 2. The Bertz CT molecular complexity index is 683. The van der Waals surface area contributed by atoms with E-state index >= 15 is 0 Å². The average Bonchev–Trinajstić information content (AvgIpc) is 2.94. The first kappa shape index (κ1) is 19.3. The lowest BCUT2D eigenvalue weighted by Gasteiger charge is -2.19. The van der Waals surface area contributed by atoms with Gasteiger partial charge < -0.3 is 20.1 Å². The molecule has 0 spiro atoms. The van der Waals surface area contributed by atoms with Crippen molar-refractivity contribution in [3.8, 4) is 5.75 Å². The van der Waals surface area contributed by atoms with Crippen LogP contribution in [0.25, 0.3) is 0 Å². The molecule has 0 radical (unpaired) electrons. The molecule has 0 bridgehead atoms. The smallest absolute Gasteiger partial charge is 0.407 e. The third-order valence-corrected chi connectivity index (χ3v) is 3.98. The van der Waals surface area contributed by atoms with Gasteiger partial charge >= 0.3 is 6.09 Å². The maximum Gasteiger partial charge on any atom is 0.407 e. The lowest BCUT2D eigenvalue weighted by atomic mass is 10.2. The number of nitrogens with zero attached hydrogens (tertiary/aromatic N) is 1. The minimum atomic E-state index is -0.502. The Morgan fingerprint density at radius 1 is 1.28 bits per heavy atom. The van der Waals surface area contributed by atoms with Gasteiger partial charge in [0.25, 0.3) is 0 Å². The summed E-state index contributed by atoms with van der Waals surface area (Å²) >= 11 is 7.30. The Kier molecular flexibility index (Phi) is 6.90. The summed E-state index contributed by atoms with van der Waals surface area (Å²) in [5.41, 5.74) is 0.461. The van der Waals surface area contributed by atoms with Crippen LogP contribution in [0.1, 0.15) is 25.8 Å². The van der Waals surface area contributed by atoms with Gasteiger partial charge in [-0.2, -0.15) is 0 Å². The number of anilines is 1. The molecule has 1 aromatic carbocycles. The van der Waals surface area contributed by atoms with Gasteiger partial charge in [-0.05, 0) is 45.0 Å². The van der Waals surface area contributed by atoms with Gasteiger partial charge in [-0.3, -0.25) is 0 Å². The topological polar surface area (TPSA) is 72.5 Å². The Hall–Kier alpha value is -1.99. The van der Waals surface area contributed by atoms with Crippen LogP contribution < -0.4 is 15.4 Å². The molecule has 136 valence electrons. The fraction of sp³-hybridized carbons (Fsp3) is 0.412. The molecule has 2 rings (SSSR count). The molecule has 0 fully saturated rings. The summed E-state index contributed by atoms with van der Waals surface area (Å²) in [6.07, 6.45) is 1.20. The van der Waals surface area contributed by atoms with Crippen molar-refractivity contribution < 1.29 is 14.3 Å². The van der Waals surface area contributed by atoms with Crippen LogP contribution in [0.4, 0.5) is 10.5 Å². The largest absolute Gasteiger partial charge is 0.492 e. The molecule has 0 atom stereocenters. The minimum Gasteiger partial charge on any atom is -0.492 e. The van der Waals surface area contributed by atoms with Gasteiger partial charge in [0.2, 0.25) is 0 Å². The third-order valence-electron chi connectivity index (χ3n) is 2.86. The molecule has 1 amide bonds. The van der Waals surface area contributed by atoms with Crippen molar-refractivity contribution in [2.45, 2.75) is 32.9 Å². The average molecular weight is 384 g/mol. The lowest BCUT2D eigenvalue weighted by Crippen LogP contribution is -2.34. The first-order valence-electron chi connectivity index (χ1n) is 7.85. The number of benzene rings is 1. The molecule has 0 saturated heterocycles. The van der Waals surface area contributed by atoms with Crippen molar-refractivity contribution in [2.24, 2.45) is 0 Å². The zero-order valence-corrected chi connectivity index (χ0v) is 16.0. The number of alkyl carbamates (subject to hydrolysis) is 1. The summed E-state index contributed by atoms with van der Waals surface area (Å²) in [7, 11) is 0. The highest BCUT2D eigenvalue weighted by Gasteiger charge is 2.15. The van der Waals surface area contributed by atoms with Crippen LogP contribution >= 0.6 is 22.9 Å². The molecule has 2 aromatic rings. The highest BCUT2D eigenvalue weighted by molar-refractivity contribution is 7.15. The summed E-state index contributed by atoms with van der Waals surface area (Å²) in [5, 5.41) is 6.84. The molecule has 0 saturated carbocycles. The number of carbonyl (C=O) groups is 1. The minimum absolute atomic E-state index is 0.365. The standard InChI is InChI=1S/C17H22ClN3O3S/c1-17(2,3)24-16(22)19-8-9-23-13-6-4-12(5-7-13)20-11-15-21-10-14(18)25-15/h4-7,10,20H,8-9,11H2,1-3H3,(H,19,22). The van der Waals surface area contributed by atoms with Gasteiger partial charge in [0.1, 0.15) is 27.3 Å². The summed E-state index contributed by atoms with van der Waals surface area (Å²) < 4.78 is 11.4. The summed E-state index contributed by atoms with van der Waals surface area (Å²) in [4.78, 5) is 15.7. The molecule has 0 unspecified atom stereocenters. The van der Waals surface area contributed by atoms with Crippen LogP contribution in [0.2, 0.25) is 4.34 Å². The van der Waals surface area contributed by atoms with Crippen molar-refractivity contribution in [3.05, 3.63) is 39.8 Å². The van der Waals surface area contributed by atoms with Gasteiger partial charge in [0, 0.05) is 5.69 Å². The van der Waals surface area contributed by atoms with Crippen molar-refractivity contribution >= 4 is 34.7 Å². The number of thiazole rings is 1. The first-order chi connectivity index (χ1) is 11.8. The van der Waals surface area contributed by atoms with E-state index in [1.165, 1.54) is 11.3 Å². The molecule has 2 N–H and O–H groups in total. The van der Waals surface area contributed by atoms with E-state index in [1.54, 1.807) is 6.20 Å². The first-order valence-corrected chi connectivity index (χ1v) is 9.05. The molecular formula is C17H22ClN3O3S. The molecule has 8 heteroatoms. The van der Waals surface area contributed by atoms with Gasteiger partial charge in [-0.1, -0.05) is 11.6 Å². The molecule has 1 aromatic heterocycles. The number of hydrogen-bond acceptors (Lipinski definition) is 6. The van der Waals surface area contributed by atoms with E-state index in [0.29, 0.717) is 24.0 Å². The number of hydrogen-bond donors (Lipinski definition) is 2. The van der Waals surface area contributed by atoms with Gasteiger partial charge in [0.05, 0.1) is 19.3 Å². The number of aromatic nitrogens is 1. The van der Waals surface area contributed by atoms with Crippen LogP contribution in [0.5, 0.6) is 5.75 Å². The van der Waals surface area contributed by atoms with Crippen molar-refractivity contribution in [1.29, 1.82) is 0 Å². The van der Waals surface area contributed by atoms with Crippen LogP contribution in [-0.4, -0.2) is 29.8 Å². The zero-order chi connectivity index (χ0) is 18.3. The van der Waals surface area contributed by atoms with Crippen LogP contribution in [0.3, 0.4) is 0 Å². The van der Waals surface area contributed by atoms with Gasteiger partial charge in [-0.15, -0.1) is 11.3 Å². The highest BCUT2D eigenvalue weighted by Crippen LogP contribution is 2.20. The van der Waals surface area contributed by atoms with E-state index in [2.05, 4.69) is 15.6 Å². The van der Waals surface area contributed by atoms with Crippen molar-refractivity contribution in [3.63, 3.8) is 0 Å². The maximum absolute atomic E-state index is 11.5. The highest BCUT2D eigenvalue weighted by atomic mass is 35.5. The molecule has 0 aliphatic heterocycles. The molecule has 25 heavy (non-hydrogen) atoms. The van der Waals surface area contributed by atoms with Crippen LogP contribution in [-0.2, 0) is 11.3 Å². The number of halogens is 1. The van der Waals surface area contributed by atoms with Crippen molar-refractivity contribution in [2.75, 3.05) is 18.5 Å². The maximum atomic E-state index is 11.5. The molecule has 6 nitrogen and oxygen atoms in total. The summed E-state index contributed by atoms with van der Waals surface area (Å²) in [6, 6.07) is 7.58. The molecule has 0 aliphatic rings. The predicted octanol–water partition coefficient (Wildman–Crippen LogP) is 4.31. The van der Waals surface area contributed by atoms with E-state index < -0.39 is 11.7 Å². The molecule has 0 aliphatic carbocycles. The van der Waals surface area contributed by atoms with Gasteiger partial charge in [-0.25, -0.2) is 9.78 Å². The zero-order valence-electron chi connectivity index (χ0n) is 14.5. The number of amides is 1. The van der Waals surface area contributed by atoms with Crippen LogP contribution in [0, 0.1) is 0 Å². The third kappa shape index (κ3) is 7.62. The van der Waals surface area contributed by atoms with Gasteiger partial charge in [0.15, 0.2) is 0 Å². The SMILES string of the molecule is CC(C)(C)OC(=O)NCCOc1ccc(NCc2ncc(Cl)s2)cc1. The normalized spacial score (nSPS) is 11.0. The quantitative estimate of drug-likeness (QED) is 0.697.